The molecule has 0 aromatic heterocycles. The maximum atomic E-state index is 12.3. The van der Waals surface area contributed by atoms with Crippen LogP contribution in [-0.2, 0) is 19.1 Å². The maximum Gasteiger partial charge on any atom is 0.408 e. The Bertz CT molecular complexity index is 484. The molecule has 9 nitrogen and oxygen atoms in total. The van der Waals surface area contributed by atoms with E-state index in [0.717, 1.165) is 0 Å². The second kappa shape index (κ2) is 9.09. The molecule has 0 spiro atoms. The van der Waals surface area contributed by atoms with Gasteiger partial charge in [-0.15, -0.1) is 0 Å². The van der Waals surface area contributed by atoms with Crippen molar-refractivity contribution in [3.8, 4) is 0 Å². The monoisotopic (exact) mass is 345 g/mol. The number of carboxylic acid groups (broad SMARTS) is 1. The Morgan fingerprint density at radius 1 is 1.12 bits per heavy atom. The summed E-state index contributed by atoms with van der Waals surface area (Å²) in [7, 11) is 0. The van der Waals surface area contributed by atoms with Gasteiger partial charge in [-0.1, -0.05) is 13.8 Å². The van der Waals surface area contributed by atoms with Crippen molar-refractivity contribution < 1.29 is 29.0 Å². The number of carbonyl (C=O) groups is 4. The van der Waals surface area contributed by atoms with Crippen molar-refractivity contribution in [2.75, 3.05) is 0 Å². The summed E-state index contributed by atoms with van der Waals surface area (Å²) in [4.78, 5) is 46.1. The molecule has 3 amide bonds. The van der Waals surface area contributed by atoms with Gasteiger partial charge in [0, 0.05) is 6.42 Å². The second-order valence-corrected chi connectivity index (χ2v) is 6.77. The number of ether oxygens (including phenoxy) is 1. The van der Waals surface area contributed by atoms with Gasteiger partial charge in [0.1, 0.15) is 17.7 Å². The Hall–Kier alpha value is -2.32. The first-order valence-corrected chi connectivity index (χ1v) is 7.64. The first-order chi connectivity index (χ1) is 10.8. The molecule has 0 bridgehead atoms. The predicted octanol–water partition coefficient (Wildman–Crippen LogP) is 0.371. The van der Waals surface area contributed by atoms with Crippen molar-refractivity contribution in [1.29, 1.82) is 0 Å². The number of carboxylic acids is 1. The molecule has 0 saturated carbocycles. The van der Waals surface area contributed by atoms with Crippen molar-refractivity contribution in [3.63, 3.8) is 0 Å². The molecule has 0 rings (SSSR count). The van der Waals surface area contributed by atoms with Crippen molar-refractivity contribution in [3.05, 3.63) is 0 Å². The Balaban J connectivity index is 4.91. The second-order valence-electron chi connectivity index (χ2n) is 6.77. The fourth-order valence-corrected chi connectivity index (χ4v) is 1.77. The van der Waals surface area contributed by atoms with Crippen LogP contribution in [-0.4, -0.2) is 46.7 Å². The summed E-state index contributed by atoms with van der Waals surface area (Å²) in [5.41, 5.74) is 4.26. The number of amides is 3. The number of hydrogen-bond acceptors (Lipinski definition) is 5. The lowest BCUT2D eigenvalue weighted by atomic mass is 10.0. The quantitative estimate of drug-likeness (QED) is 0.499. The summed E-state index contributed by atoms with van der Waals surface area (Å²) in [6.07, 6.45) is -1.09. The molecule has 0 heterocycles. The molecule has 0 fully saturated rings. The summed E-state index contributed by atoms with van der Waals surface area (Å²) in [5.74, 6) is -2.93. The number of carbonyl (C=O) groups excluding carboxylic acids is 3. The molecule has 0 radical (unpaired) electrons. The van der Waals surface area contributed by atoms with Crippen LogP contribution in [0.15, 0.2) is 0 Å². The lowest BCUT2D eigenvalue weighted by Crippen LogP contribution is -2.54. The van der Waals surface area contributed by atoms with Crippen LogP contribution in [0.3, 0.4) is 0 Å². The highest BCUT2D eigenvalue weighted by atomic mass is 16.6. The maximum absolute atomic E-state index is 12.3. The molecule has 0 aliphatic carbocycles. The summed E-state index contributed by atoms with van der Waals surface area (Å²) in [6, 6.07) is -2.25. The third-order valence-corrected chi connectivity index (χ3v) is 2.92. The number of nitrogens with one attached hydrogen (secondary N) is 2. The Morgan fingerprint density at radius 3 is 2.04 bits per heavy atom. The molecule has 2 atom stereocenters. The Labute approximate surface area is 141 Å². The third kappa shape index (κ3) is 8.96. The zero-order chi connectivity index (χ0) is 19.1. The van der Waals surface area contributed by atoms with Crippen molar-refractivity contribution >= 4 is 23.9 Å². The summed E-state index contributed by atoms with van der Waals surface area (Å²) >= 11 is 0. The van der Waals surface area contributed by atoms with Gasteiger partial charge in [-0.2, -0.15) is 0 Å². The largest absolute Gasteiger partial charge is 0.480 e. The van der Waals surface area contributed by atoms with E-state index >= 15 is 0 Å². The van der Waals surface area contributed by atoms with E-state index in [1.807, 2.05) is 0 Å². The third-order valence-electron chi connectivity index (χ3n) is 2.92. The molecule has 0 aromatic rings. The van der Waals surface area contributed by atoms with E-state index in [2.05, 4.69) is 10.6 Å². The summed E-state index contributed by atoms with van der Waals surface area (Å²) in [5, 5.41) is 13.8. The molecule has 0 aliphatic heterocycles. The van der Waals surface area contributed by atoms with Crippen LogP contribution in [0.2, 0.25) is 0 Å². The zero-order valence-electron chi connectivity index (χ0n) is 14.7. The molecular weight excluding hydrogens is 318 g/mol. The first kappa shape index (κ1) is 21.7. The van der Waals surface area contributed by atoms with Crippen LogP contribution in [0.4, 0.5) is 4.79 Å². The van der Waals surface area contributed by atoms with Gasteiger partial charge in [0.05, 0.1) is 0 Å². The summed E-state index contributed by atoms with van der Waals surface area (Å²) < 4.78 is 5.09. The fourth-order valence-electron chi connectivity index (χ4n) is 1.77. The van der Waals surface area contributed by atoms with Gasteiger partial charge in [-0.25, -0.2) is 9.59 Å². The predicted molar refractivity (Wildman–Crippen MR) is 86.0 cm³/mol. The Morgan fingerprint density at radius 2 is 1.67 bits per heavy atom. The van der Waals surface area contributed by atoms with Crippen LogP contribution in [0.25, 0.3) is 0 Å². The SMILES string of the molecule is CC(C)[C@H](NC(=O)OC(C)(C)C)C(=O)NC(CCC(N)=O)C(=O)O. The topological polar surface area (TPSA) is 148 Å². The van der Waals surface area contributed by atoms with Gasteiger partial charge in [-0.05, 0) is 33.1 Å². The zero-order valence-corrected chi connectivity index (χ0v) is 14.7. The highest BCUT2D eigenvalue weighted by Crippen LogP contribution is 2.09. The minimum atomic E-state index is -1.29. The number of nitrogens with two attached hydrogens (primary N) is 1. The number of rotatable bonds is 8. The van der Waals surface area contributed by atoms with Crippen molar-refractivity contribution in [1.82, 2.24) is 10.6 Å². The highest BCUT2D eigenvalue weighted by molar-refractivity contribution is 5.89. The molecule has 0 saturated heterocycles. The van der Waals surface area contributed by atoms with Crippen LogP contribution in [0.1, 0.15) is 47.5 Å². The molecule has 5 N–H and O–H groups in total. The number of hydrogen-bond donors (Lipinski definition) is 4. The van der Waals surface area contributed by atoms with Crippen LogP contribution >= 0.6 is 0 Å². The fraction of sp³-hybridized carbons (Fsp3) is 0.733. The molecule has 24 heavy (non-hydrogen) atoms. The van der Waals surface area contributed by atoms with Crippen molar-refractivity contribution in [2.45, 2.75) is 65.1 Å². The lowest BCUT2D eigenvalue weighted by molar-refractivity contribution is -0.142. The molecule has 0 aromatic carbocycles. The van der Waals surface area contributed by atoms with E-state index in [1.165, 1.54) is 0 Å². The Kier molecular flexibility index (Phi) is 8.21. The van der Waals surface area contributed by atoms with Crippen molar-refractivity contribution in [2.24, 2.45) is 11.7 Å². The number of primary amides is 1. The van der Waals surface area contributed by atoms with Gasteiger partial charge in [0.25, 0.3) is 0 Å². The smallest absolute Gasteiger partial charge is 0.408 e. The normalized spacial score (nSPS) is 13.8. The number of aliphatic carboxylic acids is 1. The van der Waals surface area contributed by atoms with E-state index < -0.39 is 41.6 Å². The minimum Gasteiger partial charge on any atom is -0.480 e. The van der Waals surface area contributed by atoms with Crippen LogP contribution in [0, 0.1) is 5.92 Å². The van der Waals surface area contributed by atoms with Crippen LogP contribution in [0.5, 0.6) is 0 Å². The van der Waals surface area contributed by atoms with E-state index in [1.54, 1.807) is 34.6 Å². The van der Waals surface area contributed by atoms with E-state index in [4.69, 9.17) is 15.6 Å². The van der Waals surface area contributed by atoms with Gasteiger partial charge >= 0.3 is 12.1 Å². The molecule has 138 valence electrons. The average molecular weight is 345 g/mol. The molecule has 0 aliphatic rings. The van der Waals surface area contributed by atoms with Gasteiger partial charge < -0.3 is 26.2 Å². The van der Waals surface area contributed by atoms with Gasteiger partial charge in [-0.3, -0.25) is 9.59 Å². The highest BCUT2D eigenvalue weighted by Gasteiger charge is 2.30. The van der Waals surface area contributed by atoms with E-state index in [0.29, 0.717) is 0 Å². The van der Waals surface area contributed by atoms with Gasteiger partial charge in [0.2, 0.25) is 11.8 Å². The average Bonchev–Trinajstić information content (AvgIpc) is 2.37. The van der Waals surface area contributed by atoms with E-state index in [9.17, 15) is 19.2 Å². The van der Waals surface area contributed by atoms with E-state index in [-0.39, 0.29) is 18.8 Å². The van der Waals surface area contributed by atoms with Crippen LogP contribution < -0.4 is 16.4 Å². The number of alkyl carbamates (subject to hydrolysis) is 1. The standard InChI is InChI=1S/C15H27N3O6/c1-8(2)11(18-14(23)24-15(3,4)5)12(20)17-9(13(21)22)6-7-10(16)19/h8-9,11H,6-7H2,1-5H3,(H2,16,19)(H,17,20)(H,18,23)(H,21,22)/t9?,11-/m0/s1. The molecule has 1 unspecified atom stereocenters. The summed E-state index contributed by atoms with van der Waals surface area (Å²) in [6.45, 7) is 8.44. The molecular formula is C15H27N3O6. The minimum absolute atomic E-state index is 0.131. The van der Waals surface area contributed by atoms with Gasteiger partial charge in [0.15, 0.2) is 0 Å². The first-order valence-electron chi connectivity index (χ1n) is 7.64. The molecule has 9 heteroatoms. The lowest BCUT2D eigenvalue weighted by Gasteiger charge is -2.26.